The standard InChI is InChI=1S/C14H24N4OS/c1-14(12(15)19,17-11-5-6-11)7-3-4-10-20-13-16-8-9-18(13)2/h8-9,11,17H,3-7,10H2,1-2H3,(H2,15,19). The molecule has 1 aliphatic rings. The first-order valence-electron chi connectivity index (χ1n) is 7.19. The first-order valence-corrected chi connectivity index (χ1v) is 8.17. The fraction of sp³-hybridized carbons (Fsp3) is 0.714. The lowest BCUT2D eigenvalue weighted by Crippen LogP contribution is -2.53. The highest BCUT2D eigenvalue weighted by atomic mass is 32.2. The number of aromatic nitrogens is 2. The lowest BCUT2D eigenvalue weighted by molar-refractivity contribution is -0.124. The van der Waals surface area contributed by atoms with Crippen LogP contribution in [0.2, 0.25) is 0 Å². The molecule has 1 heterocycles. The summed E-state index contributed by atoms with van der Waals surface area (Å²) in [7, 11) is 2.00. The number of carbonyl (C=O) groups is 1. The number of primary amides is 1. The van der Waals surface area contributed by atoms with Gasteiger partial charge in [-0.2, -0.15) is 0 Å². The maximum absolute atomic E-state index is 11.6. The van der Waals surface area contributed by atoms with E-state index in [2.05, 4.69) is 10.3 Å². The zero-order valence-electron chi connectivity index (χ0n) is 12.3. The minimum absolute atomic E-state index is 0.235. The number of hydrogen-bond acceptors (Lipinski definition) is 4. The molecule has 0 spiro atoms. The topological polar surface area (TPSA) is 72.9 Å². The number of carbonyl (C=O) groups excluding carboxylic acids is 1. The summed E-state index contributed by atoms with van der Waals surface area (Å²) in [6.45, 7) is 1.93. The molecule has 5 nitrogen and oxygen atoms in total. The molecule has 1 saturated carbocycles. The van der Waals surface area contributed by atoms with E-state index in [1.54, 1.807) is 11.8 Å². The summed E-state index contributed by atoms with van der Waals surface area (Å²) in [6.07, 6.45) is 8.96. The zero-order valence-corrected chi connectivity index (χ0v) is 13.1. The maximum atomic E-state index is 11.6. The van der Waals surface area contributed by atoms with Gasteiger partial charge in [0.05, 0.1) is 5.54 Å². The van der Waals surface area contributed by atoms with Gasteiger partial charge in [0, 0.05) is 31.2 Å². The maximum Gasteiger partial charge on any atom is 0.237 e. The Morgan fingerprint density at radius 1 is 1.60 bits per heavy atom. The van der Waals surface area contributed by atoms with E-state index < -0.39 is 5.54 Å². The molecule has 1 aliphatic carbocycles. The van der Waals surface area contributed by atoms with E-state index in [-0.39, 0.29) is 5.91 Å². The zero-order chi connectivity index (χ0) is 14.6. The van der Waals surface area contributed by atoms with Gasteiger partial charge in [-0.05, 0) is 32.6 Å². The van der Waals surface area contributed by atoms with Crippen molar-refractivity contribution < 1.29 is 4.79 Å². The van der Waals surface area contributed by atoms with E-state index in [1.165, 1.54) is 0 Å². The molecule has 112 valence electrons. The van der Waals surface area contributed by atoms with Crippen LogP contribution in [0, 0.1) is 0 Å². The van der Waals surface area contributed by atoms with Crippen LogP contribution in [-0.4, -0.2) is 32.8 Å². The largest absolute Gasteiger partial charge is 0.368 e. The Balaban J connectivity index is 1.68. The van der Waals surface area contributed by atoms with Gasteiger partial charge in [0.2, 0.25) is 5.91 Å². The monoisotopic (exact) mass is 296 g/mol. The van der Waals surface area contributed by atoms with E-state index >= 15 is 0 Å². The molecule has 2 rings (SSSR count). The molecule has 20 heavy (non-hydrogen) atoms. The fourth-order valence-electron chi connectivity index (χ4n) is 2.18. The first kappa shape index (κ1) is 15.4. The van der Waals surface area contributed by atoms with Gasteiger partial charge >= 0.3 is 0 Å². The second-order valence-electron chi connectivity index (χ2n) is 5.74. The fourth-order valence-corrected chi connectivity index (χ4v) is 3.11. The Bertz CT molecular complexity index is 458. The van der Waals surface area contributed by atoms with Gasteiger partial charge in [-0.25, -0.2) is 4.98 Å². The highest BCUT2D eigenvalue weighted by molar-refractivity contribution is 7.99. The summed E-state index contributed by atoms with van der Waals surface area (Å²) < 4.78 is 2.02. The van der Waals surface area contributed by atoms with E-state index in [4.69, 9.17) is 5.73 Å². The number of amides is 1. The average Bonchev–Trinajstić information content (AvgIpc) is 3.10. The molecule has 0 aliphatic heterocycles. The molecule has 1 atom stereocenters. The molecule has 3 N–H and O–H groups in total. The smallest absolute Gasteiger partial charge is 0.237 e. The highest BCUT2D eigenvalue weighted by Gasteiger charge is 2.36. The van der Waals surface area contributed by atoms with Crippen LogP contribution in [0.1, 0.15) is 39.0 Å². The Kier molecular flexibility index (Phi) is 5.10. The summed E-state index contributed by atoms with van der Waals surface area (Å²) in [6, 6.07) is 0.495. The van der Waals surface area contributed by atoms with Gasteiger partial charge in [-0.1, -0.05) is 18.2 Å². The normalized spacial score (nSPS) is 17.9. The van der Waals surface area contributed by atoms with Crippen molar-refractivity contribution in [2.24, 2.45) is 12.8 Å². The van der Waals surface area contributed by atoms with Crippen molar-refractivity contribution in [3.05, 3.63) is 12.4 Å². The van der Waals surface area contributed by atoms with Crippen molar-refractivity contribution in [2.45, 2.75) is 55.8 Å². The van der Waals surface area contributed by atoms with Crippen LogP contribution in [-0.2, 0) is 11.8 Å². The Morgan fingerprint density at radius 3 is 2.90 bits per heavy atom. The average molecular weight is 296 g/mol. The third kappa shape index (κ3) is 4.24. The summed E-state index contributed by atoms with van der Waals surface area (Å²) in [5.74, 6) is 0.782. The Labute approximate surface area is 124 Å². The molecule has 0 aromatic carbocycles. The number of rotatable bonds is 9. The Morgan fingerprint density at radius 2 is 2.35 bits per heavy atom. The van der Waals surface area contributed by atoms with Gasteiger partial charge in [-0.3, -0.25) is 4.79 Å². The van der Waals surface area contributed by atoms with Gasteiger partial charge < -0.3 is 15.6 Å². The van der Waals surface area contributed by atoms with E-state index in [9.17, 15) is 4.79 Å². The number of unbranched alkanes of at least 4 members (excludes halogenated alkanes) is 1. The van der Waals surface area contributed by atoms with Crippen LogP contribution in [0.25, 0.3) is 0 Å². The quantitative estimate of drug-likeness (QED) is 0.537. The van der Waals surface area contributed by atoms with Crippen LogP contribution in [0.15, 0.2) is 17.6 Å². The van der Waals surface area contributed by atoms with Crippen LogP contribution in [0.5, 0.6) is 0 Å². The summed E-state index contributed by atoms with van der Waals surface area (Å²) in [5, 5.41) is 4.42. The molecule has 6 heteroatoms. The number of aryl methyl sites for hydroxylation is 1. The summed E-state index contributed by atoms with van der Waals surface area (Å²) >= 11 is 1.75. The van der Waals surface area contributed by atoms with Crippen molar-refractivity contribution >= 4 is 17.7 Å². The van der Waals surface area contributed by atoms with Crippen LogP contribution < -0.4 is 11.1 Å². The van der Waals surface area contributed by atoms with Crippen molar-refractivity contribution in [1.82, 2.24) is 14.9 Å². The molecular formula is C14H24N4OS. The van der Waals surface area contributed by atoms with Crippen LogP contribution >= 0.6 is 11.8 Å². The molecule has 0 saturated heterocycles. The van der Waals surface area contributed by atoms with E-state index in [1.807, 2.05) is 30.9 Å². The number of imidazole rings is 1. The van der Waals surface area contributed by atoms with Gasteiger partial charge in [0.25, 0.3) is 0 Å². The molecule has 0 radical (unpaired) electrons. The van der Waals surface area contributed by atoms with Crippen LogP contribution in [0.3, 0.4) is 0 Å². The summed E-state index contributed by atoms with van der Waals surface area (Å²) in [4.78, 5) is 15.9. The number of nitrogens with zero attached hydrogens (tertiary/aromatic N) is 2. The molecule has 1 aromatic rings. The predicted molar refractivity (Wildman–Crippen MR) is 81.5 cm³/mol. The first-order chi connectivity index (χ1) is 9.51. The van der Waals surface area contributed by atoms with Gasteiger partial charge in [0.15, 0.2) is 5.16 Å². The third-order valence-corrected chi connectivity index (χ3v) is 4.87. The minimum Gasteiger partial charge on any atom is -0.368 e. The predicted octanol–water partition coefficient (Wildman–Crippen LogP) is 1.68. The molecule has 1 aromatic heterocycles. The molecule has 1 unspecified atom stereocenters. The highest BCUT2D eigenvalue weighted by Crippen LogP contribution is 2.25. The molecular weight excluding hydrogens is 272 g/mol. The van der Waals surface area contributed by atoms with Crippen LogP contribution in [0.4, 0.5) is 0 Å². The van der Waals surface area contributed by atoms with Crippen molar-refractivity contribution in [2.75, 3.05) is 5.75 Å². The lowest BCUT2D eigenvalue weighted by Gasteiger charge is -2.27. The lowest BCUT2D eigenvalue weighted by atomic mass is 9.94. The second-order valence-corrected chi connectivity index (χ2v) is 6.80. The molecule has 1 fully saturated rings. The third-order valence-electron chi connectivity index (χ3n) is 3.72. The molecule has 0 bridgehead atoms. The molecule has 1 amide bonds. The number of hydrogen-bond donors (Lipinski definition) is 2. The number of thioether (sulfide) groups is 1. The second kappa shape index (κ2) is 6.63. The van der Waals surface area contributed by atoms with E-state index in [0.717, 1.165) is 43.0 Å². The SMILES string of the molecule is Cn1ccnc1SCCCCC(C)(NC1CC1)C(N)=O. The summed E-state index contributed by atoms with van der Waals surface area (Å²) in [5.41, 5.74) is 4.99. The van der Waals surface area contributed by atoms with Crippen molar-refractivity contribution in [3.8, 4) is 0 Å². The van der Waals surface area contributed by atoms with Crippen molar-refractivity contribution in [3.63, 3.8) is 0 Å². The van der Waals surface area contributed by atoms with Gasteiger partial charge in [-0.15, -0.1) is 0 Å². The minimum atomic E-state index is -0.547. The van der Waals surface area contributed by atoms with E-state index in [0.29, 0.717) is 6.04 Å². The van der Waals surface area contributed by atoms with Crippen molar-refractivity contribution in [1.29, 1.82) is 0 Å². The number of nitrogens with two attached hydrogens (primary N) is 1. The Hall–Kier alpha value is -1.01. The van der Waals surface area contributed by atoms with Gasteiger partial charge in [0.1, 0.15) is 0 Å². The number of nitrogens with one attached hydrogen (secondary N) is 1.